The Bertz CT molecular complexity index is 729. The molecule has 0 N–H and O–H groups in total. The number of nitrogens with zero attached hydrogens (tertiary/aromatic N) is 4. The summed E-state index contributed by atoms with van der Waals surface area (Å²) in [5.74, 6) is 1.18. The summed E-state index contributed by atoms with van der Waals surface area (Å²) in [4.78, 5) is 4.51. The van der Waals surface area contributed by atoms with Crippen LogP contribution in [0.25, 0.3) is 11.0 Å². The minimum atomic E-state index is 0.360. The van der Waals surface area contributed by atoms with E-state index in [0.29, 0.717) is 17.4 Å². The molecule has 0 saturated carbocycles. The molecule has 0 bridgehead atoms. The van der Waals surface area contributed by atoms with Crippen LogP contribution in [0.3, 0.4) is 0 Å². The standard InChI is InChI=1S/C13H12Cl2N4/c1-18-5-4-10(17-18)8-19-12-6-9(15)2-3-11(12)16-13(19)7-14/h2-6H,7-8H2,1H3. The summed E-state index contributed by atoms with van der Waals surface area (Å²) in [5, 5.41) is 5.07. The molecule has 0 aliphatic rings. The molecule has 1 aromatic carbocycles. The second-order valence-corrected chi connectivity index (χ2v) is 5.07. The number of benzene rings is 1. The number of imidazole rings is 1. The molecule has 19 heavy (non-hydrogen) atoms. The molecule has 0 atom stereocenters. The van der Waals surface area contributed by atoms with E-state index in [0.717, 1.165) is 22.6 Å². The number of rotatable bonds is 3. The van der Waals surface area contributed by atoms with Crippen molar-refractivity contribution in [3.8, 4) is 0 Å². The molecular weight excluding hydrogens is 283 g/mol. The van der Waals surface area contributed by atoms with Gasteiger partial charge in [-0.25, -0.2) is 4.98 Å². The first-order chi connectivity index (χ1) is 9.17. The lowest BCUT2D eigenvalue weighted by Gasteiger charge is -2.05. The van der Waals surface area contributed by atoms with Gasteiger partial charge in [0.05, 0.1) is 29.2 Å². The first-order valence-corrected chi connectivity index (χ1v) is 6.78. The van der Waals surface area contributed by atoms with Gasteiger partial charge in [-0.1, -0.05) is 11.6 Å². The Morgan fingerprint density at radius 1 is 1.26 bits per heavy atom. The Kier molecular flexibility index (Phi) is 3.21. The molecule has 6 heteroatoms. The monoisotopic (exact) mass is 294 g/mol. The van der Waals surface area contributed by atoms with Gasteiger partial charge in [-0.2, -0.15) is 5.10 Å². The molecule has 0 saturated heterocycles. The minimum Gasteiger partial charge on any atom is -0.321 e. The van der Waals surface area contributed by atoms with Gasteiger partial charge in [-0.15, -0.1) is 11.6 Å². The third-order valence-electron chi connectivity index (χ3n) is 3.00. The van der Waals surface area contributed by atoms with Crippen LogP contribution in [0, 0.1) is 0 Å². The number of aromatic nitrogens is 4. The highest BCUT2D eigenvalue weighted by atomic mass is 35.5. The molecule has 0 aliphatic heterocycles. The molecule has 0 radical (unpaired) electrons. The highest BCUT2D eigenvalue weighted by Crippen LogP contribution is 2.22. The molecule has 0 unspecified atom stereocenters. The van der Waals surface area contributed by atoms with Gasteiger partial charge in [0.2, 0.25) is 0 Å². The largest absolute Gasteiger partial charge is 0.321 e. The molecular formula is C13H12Cl2N4. The summed E-state index contributed by atoms with van der Waals surface area (Å²) < 4.78 is 3.83. The van der Waals surface area contributed by atoms with Crippen molar-refractivity contribution in [3.63, 3.8) is 0 Å². The number of fused-ring (bicyclic) bond motifs is 1. The Hall–Kier alpha value is -1.52. The zero-order valence-electron chi connectivity index (χ0n) is 10.3. The zero-order valence-corrected chi connectivity index (χ0v) is 11.9. The lowest BCUT2D eigenvalue weighted by atomic mass is 10.3. The maximum atomic E-state index is 6.06. The van der Waals surface area contributed by atoms with Gasteiger partial charge in [0.1, 0.15) is 5.82 Å². The second kappa shape index (κ2) is 4.87. The summed E-state index contributed by atoms with van der Waals surface area (Å²) in [7, 11) is 1.90. The number of halogens is 2. The van der Waals surface area contributed by atoms with Crippen LogP contribution in [0.5, 0.6) is 0 Å². The van der Waals surface area contributed by atoms with E-state index in [-0.39, 0.29) is 0 Å². The predicted octanol–water partition coefficient (Wildman–Crippen LogP) is 3.21. The van der Waals surface area contributed by atoms with Crippen LogP contribution < -0.4 is 0 Å². The smallest absolute Gasteiger partial charge is 0.125 e. The highest BCUT2D eigenvalue weighted by Gasteiger charge is 2.11. The Morgan fingerprint density at radius 2 is 2.11 bits per heavy atom. The second-order valence-electron chi connectivity index (χ2n) is 4.36. The van der Waals surface area contributed by atoms with Crippen molar-refractivity contribution in [2.24, 2.45) is 7.05 Å². The summed E-state index contributed by atoms with van der Waals surface area (Å²) in [6.07, 6.45) is 1.92. The van der Waals surface area contributed by atoms with Crippen molar-refractivity contribution in [2.75, 3.05) is 0 Å². The van der Waals surface area contributed by atoms with Crippen molar-refractivity contribution >= 4 is 34.2 Å². The Balaban J connectivity index is 2.12. The first kappa shape index (κ1) is 12.5. The summed E-state index contributed by atoms with van der Waals surface area (Å²) in [6, 6.07) is 7.62. The van der Waals surface area contributed by atoms with Gasteiger partial charge in [0, 0.05) is 18.3 Å². The lowest BCUT2D eigenvalue weighted by Crippen LogP contribution is -2.05. The van der Waals surface area contributed by atoms with E-state index in [1.54, 1.807) is 4.68 Å². The molecule has 0 spiro atoms. The molecule has 98 valence electrons. The molecule has 4 nitrogen and oxygen atoms in total. The first-order valence-electron chi connectivity index (χ1n) is 5.86. The maximum Gasteiger partial charge on any atom is 0.125 e. The van der Waals surface area contributed by atoms with Crippen LogP contribution >= 0.6 is 23.2 Å². The van der Waals surface area contributed by atoms with E-state index < -0.39 is 0 Å². The van der Waals surface area contributed by atoms with E-state index >= 15 is 0 Å². The fourth-order valence-corrected chi connectivity index (χ4v) is 2.50. The third-order valence-corrected chi connectivity index (χ3v) is 3.47. The van der Waals surface area contributed by atoms with E-state index in [1.807, 2.05) is 37.5 Å². The van der Waals surface area contributed by atoms with Crippen molar-refractivity contribution in [3.05, 3.63) is 47.0 Å². The van der Waals surface area contributed by atoms with Crippen LogP contribution in [0.2, 0.25) is 5.02 Å². The summed E-state index contributed by atoms with van der Waals surface area (Å²) >= 11 is 12.0. The SMILES string of the molecule is Cn1ccc(Cn2c(CCl)nc3ccc(Cl)cc32)n1. The summed E-state index contributed by atoms with van der Waals surface area (Å²) in [6.45, 7) is 0.639. The normalized spacial score (nSPS) is 11.3. The Morgan fingerprint density at radius 3 is 2.79 bits per heavy atom. The van der Waals surface area contributed by atoms with Gasteiger partial charge in [-0.05, 0) is 24.3 Å². The van der Waals surface area contributed by atoms with Crippen molar-refractivity contribution in [2.45, 2.75) is 12.4 Å². The average molecular weight is 295 g/mol. The minimum absolute atomic E-state index is 0.360. The highest BCUT2D eigenvalue weighted by molar-refractivity contribution is 6.31. The van der Waals surface area contributed by atoms with Crippen molar-refractivity contribution in [1.82, 2.24) is 19.3 Å². The average Bonchev–Trinajstić information content (AvgIpc) is 2.94. The number of alkyl halides is 1. The lowest BCUT2D eigenvalue weighted by molar-refractivity contribution is 0.701. The predicted molar refractivity (Wildman–Crippen MR) is 76.6 cm³/mol. The molecule has 0 fully saturated rings. The third kappa shape index (κ3) is 2.33. The van der Waals surface area contributed by atoms with Crippen molar-refractivity contribution in [1.29, 1.82) is 0 Å². The van der Waals surface area contributed by atoms with Crippen LogP contribution in [0.15, 0.2) is 30.5 Å². The quantitative estimate of drug-likeness (QED) is 0.696. The van der Waals surface area contributed by atoms with E-state index in [2.05, 4.69) is 14.6 Å². The van der Waals surface area contributed by atoms with Gasteiger partial charge in [0.25, 0.3) is 0 Å². The Labute approximate surface area is 120 Å². The molecule has 0 amide bonds. The molecule has 3 rings (SSSR count). The molecule has 2 aromatic heterocycles. The van der Waals surface area contributed by atoms with Gasteiger partial charge >= 0.3 is 0 Å². The summed E-state index contributed by atoms with van der Waals surface area (Å²) in [5.41, 5.74) is 2.85. The van der Waals surface area contributed by atoms with Crippen LogP contribution in [0.1, 0.15) is 11.5 Å². The number of aryl methyl sites for hydroxylation is 1. The van der Waals surface area contributed by atoms with Crippen LogP contribution in [-0.2, 0) is 19.5 Å². The topological polar surface area (TPSA) is 35.6 Å². The van der Waals surface area contributed by atoms with Crippen LogP contribution in [0.4, 0.5) is 0 Å². The number of hydrogen-bond acceptors (Lipinski definition) is 2. The fraction of sp³-hybridized carbons (Fsp3) is 0.231. The van der Waals surface area contributed by atoms with Gasteiger partial charge < -0.3 is 4.57 Å². The fourth-order valence-electron chi connectivity index (χ4n) is 2.13. The van der Waals surface area contributed by atoms with Gasteiger partial charge in [-0.3, -0.25) is 4.68 Å². The zero-order chi connectivity index (χ0) is 13.4. The van der Waals surface area contributed by atoms with Gasteiger partial charge in [0.15, 0.2) is 0 Å². The number of hydrogen-bond donors (Lipinski definition) is 0. The van der Waals surface area contributed by atoms with Crippen molar-refractivity contribution < 1.29 is 0 Å². The molecule has 2 heterocycles. The maximum absolute atomic E-state index is 6.06. The van der Waals surface area contributed by atoms with E-state index in [1.165, 1.54) is 0 Å². The van der Waals surface area contributed by atoms with Crippen LogP contribution in [-0.4, -0.2) is 19.3 Å². The molecule has 0 aliphatic carbocycles. The van der Waals surface area contributed by atoms with E-state index in [4.69, 9.17) is 23.2 Å². The molecule has 3 aromatic rings. The van der Waals surface area contributed by atoms with E-state index in [9.17, 15) is 0 Å².